The molecule has 0 aliphatic carbocycles. The molecular formula is C32H23BrClN5O2. The van der Waals surface area contributed by atoms with Crippen molar-refractivity contribution in [1.82, 2.24) is 14.6 Å². The highest BCUT2D eigenvalue weighted by Gasteiger charge is 2.13. The summed E-state index contributed by atoms with van der Waals surface area (Å²) in [6.45, 7) is 0.537. The number of hydrogen-bond acceptors (Lipinski definition) is 5. The molecule has 0 unspecified atom stereocenters. The van der Waals surface area contributed by atoms with Crippen LogP contribution >= 0.6 is 27.5 Å². The van der Waals surface area contributed by atoms with E-state index in [0.717, 1.165) is 32.9 Å². The number of amides is 1. The minimum atomic E-state index is -0.197. The molecule has 0 saturated carbocycles. The van der Waals surface area contributed by atoms with E-state index in [1.165, 1.54) is 0 Å². The summed E-state index contributed by atoms with van der Waals surface area (Å²) < 4.78 is 8.33. The van der Waals surface area contributed by atoms with E-state index >= 15 is 0 Å². The van der Waals surface area contributed by atoms with Crippen LogP contribution in [0.5, 0.6) is 11.5 Å². The molecule has 0 aliphatic rings. The first kappa shape index (κ1) is 26.6. The molecule has 41 heavy (non-hydrogen) atoms. The van der Waals surface area contributed by atoms with Gasteiger partial charge in [-0.15, -0.1) is 0 Å². The van der Waals surface area contributed by atoms with Gasteiger partial charge in [0.15, 0.2) is 5.65 Å². The minimum absolute atomic E-state index is 0.197. The topological polar surface area (TPSA) is 80.5 Å². The number of carbonyl (C=O) groups is 1. The number of hydrogen-bond donors (Lipinski definition) is 2. The first-order valence-corrected chi connectivity index (χ1v) is 14.0. The molecule has 4 aromatic carbocycles. The van der Waals surface area contributed by atoms with E-state index in [2.05, 4.69) is 31.7 Å². The Morgan fingerprint density at radius 2 is 1.59 bits per heavy atom. The Bertz CT molecular complexity index is 1820. The van der Waals surface area contributed by atoms with Crippen LogP contribution in [0, 0.1) is 0 Å². The Labute approximate surface area is 249 Å². The van der Waals surface area contributed by atoms with Crippen molar-refractivity contribution in [3.05, 3.63) is 136 Å². The van der Waals surface area contributed by atoms with E-state index in [1.807, 2.05) is 84.9 Å². The average Bonchev–Trinajstić information content (AvgIpc) is 3.38. The van der Waals surface area contributed by atoms with Crippen molar-refractivity contribution in [2.45, 2.75) is 6.54 Å². The van der Waals surface area contributed by atoms with E-state index in [4.69, 9.17) is 21.3 Å². The number of aromatic nitrogens is 3. The van der Waals surface area contributed by atoms with Gasteiger partial charge in [0, 0.05) is 34.4 Å². The van der Waals surface area contributed by atoms with Crippen molar-refractivity contribution in [1.29, 1.82) is 0 Å². The fourth-order valence-corrected chi connectivity index (χ4v) is 4.85. The lowest BCUT2D eigenvalue weighted by molar-refractivity contribution is 0.102. The summed E-state index contributed by atoms with van der Waals surface area (Å²) in [5, 5.41) is 11.5. The van der Waals surface area contributed by atoms with Gasteiger partial charge < -0.3 is 15.4 Å². The molecule has 9 heteroatoms. The Hall–Kier alpha value is -4.66. The number of rotatable bonds is 8. The number of ether oxygens (including phenoxy) is 1. The maximum atomic E-state index is 12.8. The van der Waals surface area contributed by atoms with Crippen molar-refractivity contribution in [3.8, 4) is 22.8 Å². The highest BCUT2D eigenvalue weighted by atomic mass is 79.9. The summed E-state index contributed by atoms with van der Waals surface area (Å²) in [7, 11) is 0. The molecular weight excluding hydrogens is 602 g/mol. The molecule has 7 nitrogen and oxygen atoms in total. The van der Waals surface area contributed by atoms with Gasteiger partial charge in [0.05, 0.1) is 16.4 Å². The van der Waals surface area contributed by atoms with E-state index in [0.29, 0.717) is 34.2 Å². The molecule has 0 radical (unpaired) electrons. The zero-order valence-corrected chi connectivity index (χ0v) is 23.9. The quantitative estimate of drug-likeness (QED) is 0.178. The molecule has 6 rings (SSSR count). The zero-order chi connectivity index (χ0) is 28.2. The number of halogens is 2. The number of para-hydroxylation sites is 1. The monoisotopic (exact) mass is 623 g/mol. The first-order valence-electron chi connectivity index (χ1n) is 12.8. The molecule has 0 bridgehead atoms. The highest BCUT2D eigenvalue weighted by Crippen LogP contribution is 2.30. The number of benzene rings is 4. The first-order chi connectivity index (χ1) is 20.0. The maximum Gasteiger partial charge on any atom is 0.255 e. The van der Waals surface area contributed by atoms with Crippen molar-refractivity contribution < 1.29 is 9.53 Å². The summed E-state index contributed by atoms with van der Waals surface area (Å²) in [6.07, 6.45) is 1.71. The summed E-state index contributed by atoms with van der Waals surface area (Å²) in [5.41, 5.74) is 4.53. The lowest BCUT2D eigenvalue weighted by atomic mass is 10.1. The second kappa shape index (κ2) is 11.8. The minimum Gasteiger partial charge on any atom is -0.457 e. The van der Waals surface area contributed by atoms with Crippen LogP contribution in [0.3, 0.4) is 0 Å². The number of nitrogens with zero attached hydrogens (tertiary/aromatic N) is 3. The van der Waals surface area contributed by atoms with Crippen molar-refractivity contribution in [2.24, 2.45) is 0 Å². The van der Waals surface area contributed by atoms with Crippen LogP contribution in [-0.4, -0.2) is 20.5 Å². The molecule has 2 heterocycles. The Balaban J connectivity index is 1.12. The molecule has 2 aromatic heterocycles. The van der Waals surface area contributed by atoms with Gasteiger partial charge >= 0.3 is 0 Å². The third-order valence-corrected chi connectivity index (χ3v) is 7.25. The van der Waals surface area contributed by atoms with E-state index in [-0.39, 0.29) is 5.91 Å². The van der Waals surface area contributed by atoms with Crippen LogP contribution in [0.15, 0.2) is 120 Å². The molecule has 0 saturated heterocycles. The van der Waals surface area contributed by atoms with E-state index < -0.39 is 0 Å². The molecule has 2 N–H and O–H groups in total. The highest BCUT2D eigenvalue weighted by molar-refractivity contribution is 9.10. The smallest absolute Gasteiger partial charge is 0.255 e. The van der Waals surface area contributed by atoms with Gasteiger partial charge in [-0.05, 0) is 76.1 Å². The maximum absolute atomic E-state index is 12.8. The Kier molecular flexibility index (Phi) is 7.67. The second-order valence-corrected chi connectivity index (χ2v) is 10.4. The summed E-state index contributed by atoms with van der Waals surface area (Å²) in [5.74, 6) is 1.98. The number of carbonyl (C=O) groups excluding carboxylic acids is 1. The van der Waals surface area contributed by atoms with Gasteiger partial charge in [0.25, 0.3) is 5.91 Å². The Morgan fingerprint density at radius 3 is 2.34 bits per heavy atom. The second-order valence-electron chi connectivity index (χ2n) is 9.18. The van der Waals surface area contributed by atoms with Crippen LogP contribution in [0.25, 0.3) is 16.9 Å². The normalized spacial score (nSPS) is 10.9. The summed E-state index contributed by atoms with van der Waals surface area (Å²) >= 11 is 9.98. The molecule has 202 valence electrons. The van der Waals surface area contributed by atoms with Crippen LogP contribution in [-0.2, 0) is 6.54 Å². The fourth-order valence-electron chi connectivity index (χ4n) is 4.27. The number of anilines is 2. The van der Waals surface area contributed by atoms with Crippen molar-refractivity contribution in [2.75, 3.05) is 10.6 Å². The molecule has 0 spiro atoms. The van der Waals surface area contributed by atoms with Crippen molar-refractivity contribution >= 4 is 50.6 Å². The van der Waals surface area contributed by atoms with Gasteiger partial charge in [-0.1, -0.05) is 60.1 Å². The van der Waals surface area contributed by atoms with Gasteiger partial charge in [0.1, 0.15) is 17.3 Å². The predicted octanol–water partition coefficient (Wildman–Crippen LogP) is 8.47. The standard InChI is InChI=1S/C32H23BrClN5O2/c33-27-20-36-39-30(18-29(38-31(27)39)26-8-4-5-9-28(26)34)35-19-21-10-14-23(15-11-21)37-32(40)22-12-16-25(17-13-22)41-24-6-2-1-3-7-24/h1-18,20,35H,19H2,(H,37,40). The summed E-state index contributed by atoms with van der Waals surface area (Å²) in [4.78, 5) is 17.5. The summed E-state index contributed by atoms with van der Waals surface area (Å²) in [6, 6.07) is 33.8. The Morgan fingerprint density at radius 1 is 0.878 bits per heavy atom. The van der Waals surface area contributed by atoms with Gasteiger partial charge in [0.2, 0.25) is 0 Å². The number of nitrogens with one attached hydrogen (secondary N) is 2. The van der Waals surface area contributed by atoms with Crippen molar-refractivity contribution in [3.63, 3.8) is 0 Å². The van der Waals surface area contributed by atoms with Gasteiger partial charge in [-0.3, -0.25) is 4.79 Å². The van der Waals surface area contributed by atoms with Crippen LogP contribution in [0.1, 0.15) is 15.9 Å². The van der Waals surface area contributed by atoms with Gasteiger partial charge in [-0.2, -0.15) is 9.61 Å². The molecule has 1 amide bonds. The van der Waals surface area contributed by atoms with Crippen LogP contribution < -0.4 is 15.4 Å². The van der Waals surface area contributed by atoms with E-state index in [9.17, 15) is 4.79 Å². The molecule has 0 aliphatic heterocycles. The third-order valence-electron chi connectivity index (χ3n) is 6.36. The lowest BCUT2D eigenvalue weighted by Gasteiger charge is -2.12. The van der Waals surface area contributed by atoms with E-state index in [1.54, 1.807) is 35.0 Å². The SMILES string of the molecule is O=C(Nc1ccc(CNc2cc(-c3ccccc3Cl)nc3c(Br)cnn23)cc1)c1ccc(Oc2ccccc2)cc1. The van der Waals surface area contributed by atoms with Gasteiger partial charge in [-0.25, -0.2) is 4.98 Å². The fraction of sp³-hybridized carbons (Fsp3) is 0.0312. The molecule has 0 atom stereocenters. The third kappa shape index (κ3) is 6.09. The number of fused-ring (bicyclic) bond motifs is 1. The molecule has 0 fully saturated rings. The average molecular weight is 625 g/mol. The van der Waals surface area contributed by atoms with Crippen LogP contribution in [0.4, 0.5) is 11.5 Å². The lowest BCUT2D eigenvalue weighted by Crippen LogP contribution is -2.12. The zero-order valence-electron chi connectivity index (χ0n) is 21.6. The largest absolute Gasteiger partial charge is 0.457 e. The molecule has 6 aromatic rings. The predicted molar refractivity (Wildman–Crippen MR) is 166 cm³/mol. The van der Waals surface area contributed by atoms with Crippen LogP contribution in [0.2, 0.25) is 5.02 Å².